The molecule has 0 aliphatic heterocycles. The average Bonchev–Trinajstić information content (AvgIpc) is 2.28. The van der Waals surface area contributed by atoms with E-state index in [0.29, 0.717) is 11.4 Å². The first-order valence-corrected chi connectivity index (χ1v) is 6.41. The highest BCUT2D eigenvalue weighted by Crippen LogP contribution is 2.25. The standard InChI is InChI=1S/C12H16BrNO3/c1-2-8(13)6-7-14-12(17)11-9(15)4-3-5-10(11)16/h3-5,8,15-16H,2,6-7H2,1H3,(H,14,17). The van der Waals surface area contributed by atoms with Crippen LogP contribution in [0.4, 0.5) is 0 Å². The van der Waals surface area contributed by atoms with Crippen LogP contribution in [0.25, 0.3) is 0 Å². The van der Waals surface area contributed by atoms with E-state index < -0.39 is 5.91 Å². The molecule has 0 aromatic heterocycles. The number of hydrogen-bond acceptors (Lipinski definition) is 3. The van der Waals surface area contributed by atoms with Crippen LogP contribution in [0.2, 0.25) is 0 Å². The summed E-state index contributed by atoms with van der Waals surface area (Å²) in [5.41, 5.74) is -0.0740. The van der Waals surface area contributed by atoms with Gasteiger partial charge in [0.2, 0.25) is 0 Å². The summed E-state index contributed by atoms with van der Waals surface area (Å²) in [6.07, 6.45) is 1.79. The zero-order valence-electron chi connectivity index (χ0n) is 9.61. The molecule has 5 heteroatoms. The van der Waals surface area contributed by atoms with E-state index in [-0.39, 0.29) is 17.1 Å². The summed E-state index contributed by atoms with van der Waals surface area (Å²) >= 11 is 3.46. The van der Waals surface area contributed by atoms with Gasteiger partial charge in [0.15, 0.2) is 0 Å². The molecule has 1 aromatic carbocycles. The topological polar surface area (TPSA) is 69.6 Å². The molecule has 0 saturated heterocycles. The van der Waals surface area contributed by atoms with Gasteiger partial charge in [-0.1, -0.05) is 28.9 Å². The summed E-state index contributed by atoms with van der Waals surface area (Å²) in [6.45, 7) is 2.55. The fourth-order valence-electron chi connectivity index (χ4n) is 1.40. The monoisotopic (exact) mass is 301 g/mol. The molecule has 4 nitrogen and oxygen atoms in total. The van der Waals surface area contributed by atoms with Crippen LogP contribution in [0.15, 0.2) is 18.2 Å². The summed E-state index contributed by atoms with van der Waals surface area (Å²) in [4.78, 5) is 12.1. The lowest BCUT2D eigenvalue weighted by Crippen LogP contribution is -2.26. The van der Waals surface area contributed by atoms with E-state index >= 15 is 0 Å². The second-order valence-corrected chi connectivity index (χ2v) is 5.02. The molecule has 0 saturated carbocycles. The normalized spacial score (nSPS) is 12.1. The Balaban J connectivity index is 2.59. The second-order valence-electron chi connectivity index (χ2n) is 3.72. The Kier molecular flexibility index (Phi) is 5.28. The quantitative estimate of drug-likeness (QED) is 0.731. The Labute approximate surface area is 109 Å². The molecule has 0 bridgehead atoms. The molecule has 3 N–H and O–H groups in total. The zero-order chi connectivity index (χ0) is 12.8. The van der Waals surface area contributed by atoms with Crippen molar-refractivity contribution in [3.63, 3.8) is 0 Å². The number of phenols is 2. The molecule has 1 aromatic rings. The van der Waals surface area contributed by atoms with Crippen molar-refractivity contribution in [2.24, 2.45) is 0 Å². The third-order valence-corrected chi connectivity index (χ3v) is 3.54. The van der Waals surface area contributed by atoms with Crippen molar-refractivity contribution in [1.82, 2.24) is 5.32 Å². The molecule has 0 fully saturated rings. The maximum atomic E-state index is 11.7. The molecule has 0 spiro atoms. The van der Waals surface area contributed by atoms with E-state index in [4.69, 9.17) is 0 Å². The molecule has 0 heterocycles. The average molecular weight is 302 g/mol. The molecule has 0 aliphatic carbocycles. The first-order chi connectivity index (χ1) is 8.06. The minimum Gasteiger partial charge on any atom is -0.507 e. The Morgan fingerprint density at radius 3 is 2.53 bits per heavy atom. The summed E-state index contributed by atoms with van der Waals surface area (Å²) in [6, 6.07) is 4.22. The SMILES string of the molecule is CCC(Br)CCNC(=O)c1c(O)cccc1O. The van der Waals surface area contributed by atoms with Crippen molar-refractivity contribution >= 4 is 21.8 Å². The van der Waals surface area contributed by atoms with Crippen molar-refractivity contribution < 1.29 is 15.0 Å². The van der Waals surface area contributed by atoms with Gasteiger partial charge < -0.3 is 15.5 Å². The van der Waals surface area contributed by atoms with Crippen LogP contribution in [0.1, 0.15) is 30.1 Å². The third kappa shape index (κ3) is 3.93. The Morgan fingerprint density at radius 1 is 1.41 bits per heavy atom. The van der Waals surface area contributed by atoms with Crippen molar-refractivity contribution in [2.75, 3.05) is 6.54 Å². The van der Waals surface area contributed by atoms with Crippen LogP contribution >= 0.6 is 15.9 Å². The van der Waals surface area contributed by atoms with Crippen LogP contribution in [-0.2, 0) is 0 Å². The van der Waals surface area contributed by atoms with Crippen molar-refractivity contribution in [2.45, 2.75) is 24.6 Å². The van der Waals surface area contributed by atoms with E-state index in [1.54, 1.807) is 0 Å². The molecule has 94 valence electrons. The molecular weight excluding hydrogens is 286 g/mol. The number of phenolic OH excluding ortho intramolecular Hbond substituents is 2. The molecular formula is C12H16BrNO3. The van der Waals surface area contributed by atoms with Crippen LogP contribution in [0.3, 0.4) is 0 Å². The van der Waals surface area contributed by atoms with Gasteiger partial charge in [0.05, 0.1) is 0 Å². The molecule has 0 aliphatic rings. The van der Waals surface area contributed by atoms with Gasteiger partial charge in [0, 0.05) is 11.4 Å². The van der Waals surface area contributed by atoms with Crippen LogP contribution in [-0.4, -0.2) is 27.5 Å². The number of halogens is 1. The number of aromatic hydroxyl groups is 2. The maximum absolute atomic E-state index is 11.7. The third-order valence-electron chi connectivity index (χ3n) is 2.43. The van der Waals surface area contributed by atoms with Gasteiger partial charge in [0.25, 0.3) is 5.91 Å². The van der Waals surface area contributed by atoms with Gasteiger partial charge in [-0.25, -0.2) is 0 Å². The first kappa shape index (κ1) is 13.8. The van der Waals surface area contributed by atoms with E-state index in [1.165, 1.54) is 18.2 Å². The highest BCUT2D eigenvalue weighted by molar-refractivity contribution is 9.09. The van der Waals surface area contributed by atoms with Crippen molar-refractivity contribution in [3.8, 4) is 11.5 Å². The fraction of sp³-hybridized carbons (Fsp3) is 0.417. The number of hydrogen-bond donors (Lipinski definition) is 3. The molecule has 1 unspecified atom stereocenters. The minimum atomic E-state index is -0.462. The number of amides is 1. The number of carbonyl (C=O) groups excluding carboxylic acids is 1. The van der Waals surface area contributed by atoms with Crippen LogP contribution in [0, 0.1) is 0 Å². The number of rotatable bonds is 5. The molecule has 1 rings (SSSR count). The lowest BCUT2D eigenvalue weighted by molar-refractivity contribution is 0.0948. The van der Waals surface area contributed by atoms with Gasteiger partial charge >= 0.3 is 0 Å². The Hall–Kier alpha value is -1.23. The van der Waals surface area contributed by atoms with Gasteiger partial charge in [-0.3, -0.25) is 4.79 Å². The van der Waals surface area contributed by atoms with Crippen LogP contribution in [0.5, 0.6) is 11.5 Å². The Bertz CT molecular complexity index is 375. The predicted molar refractivity (Wildman–Crippen MR) is 69.7 cm³/mol. The first-order valence-electron chi connectivity index (χ1n) is 5.49. The maximum Gasteiger partial charge on any atom is 0.258 e. The Morgan fingerprint density at radius 2 is 2.00 bits per heavy atom. The summed E-state index contributed by atoms with van der Waals surface area (Å²) in [5, 5.41) is 21.6. The second kappa shape index (κ2) is 6.49. The van der Waals surface area contributed by atoms with Gasteiger partial charge in [-0.05, 0) is 25.0 Å². The lowest BCUT2D eigenvalue weighted by atomic mass is 10.1. The summed E-state index contributed by atoms with van der Waals surface area (Å²) < 4.78 is 0. The van der Waals surface area contributed by atoms with Gasteiger partial charge in [-0.15, -0.1) is 0 Å². The highest BCUT2D eigenvalue weighted by atomic mass is 79.9. The lowest BCUT2D eigenvalue weighted by Gasteiger charge is -2.10. The molecule has 0 radical (unpaired) electrons. The zero-order valence-corrected chi connectivity index (χ0v) is 11.2. The molecule has 17 heavy (non-hydrogen) atoms. The minimum absolute atomic E-state index is 0.0740. The predicted octanol–water partition coefficient (Wildman–Crippen LogP) is 2.39. The number of nitrogens with one attached hydrogen (secondary N) is 1. The van der Waals surface area contributed by atoms with E-state index in [1.807, 2.05) is 0 Å². The summed E-state index contributed by atoms with van der Waals surface area (Å²) in [7, 11) is 0. The number of alkyl halides is 1. The molecule has 1 atom stereocenters. The fourth-order valence-corrected chi connectivity index (χ4v) is 1.62. The van der Waals surface area contributed by atoms with E-state index in [2.05, 4.69) is 28.2 Å². The van der Waals surface area contributed by atoms with Crippen LogP contribution < -0.4 is 5.32 Å². The number of carbonyl (C=O) groups is 1. The highest BCUT2D eigenvalue weighted by Gasteiger charge is 2.15. The summed E-state index contributed by atoms with van der Waals surface area (Å²) in [5.74, 6) is -0.891. The largest absolute Gasteiger partial charge is 0.507 e. The smallest absolute Gasteiger partial charge is 0.258 e. The van der Waals surface area contributed by atoms with E-state index in [9.17, 15) is 15.0 Å². The van der Waals surface area contributed by atoms with Crippen molar-refractivity contribution in [3.05, 3.63) is 23.8 Å². The van der Waals surface area contributed by atoms with E-state index in [0.717, 1.165) is 12.8 Å². The number of benzene rings is 1. The molecule has 1 amide bonds. The van der Waals surface area contributed by atoms with Gasteiger partial charge in [0.1, 0.15) is 17.1 Å². The van der Waals surface area contributed by atoms with Gasteiger partial charge in [-0.2, -0.15) is 0 Å². The van der Waals surface area contributed by atoms with Crippen molar-refractivity contribution in [1.29, 1.82) is 0 Å².